The summed E-state index contributed by atoms with van der Waals surface area (Å²) >= 11 is 1.38. The molecule has 3 aromatic rings. The van der Waals surface area contributed by atoms with E-state index in [0.29, 0.717) is 12.8 Å². The van der Waals surface area contributed by atoms with Gasteiger partial charge in [-0.1, -0.05) is 74.5 Å². The molecule has 11 heteroatoms. The van der Waals surface area contributed by atoms with Crippen LogP contribution in [0.3, 0.4) is 0 Å². The van der Waals surface area contributed by atoms with Gasteiger partial charge in [-0.05, 0) is 36.3 Å². The number of rotatable bonds is 14. The number of urea groups is 1. The lowest BCUT2D eigenvalue weighted by atomic mass is 9.93. The standard InChI is InChI=1S/C31H41N5O5S/c1-21(2)28(35-30(39)36(3)4)29(38)33-24(15-22-11-7-5-8-12-22)17-27(37)26(16-23-13-9-6-10-14-23)34-31(40)41-19-25-18-32-20-42-25/h5-14,18,20-21,24,26-28,37H,15-17,19H2,1-4H3,(H,33,38)(H,34,40)(H,35,39)/t24-,26-,27-,28-/m0/s1. The number of ether oxygens (including phenoxy) is 1. The number of aromatic nitrogens is 1. The van der Waals surface area contributed by atoms with Crippen molar-refractivity contribution in [3.8, 4) is 0 Å². The zero-order valence-corrected chi connectivity index (χ0v) is 25.3. The lowest BCUT2D eigenvalue weighted by Gasteiger charge is -2.30. The zero-order chi connectivity index (χ0) is 30.5. The van der Waals surface area contributed by atoms with Gasteiger partial charge in [0.05, 0.1) is 22.5 Å². The molecule has 0 unspecified atom stereocenters. The van der Waals surface area contributed by atoms with Crippen molar-refractivity contribution in [3.63, 3.8) is 0 Å². The van der Waals surface area contributed by atoms with E-state index >= 15 is 0 Å². The van der Waals surface area contributed by atoms with Crippen LogP contribution in [-0.4, -0.2) is 71.3 Å². The molecule has 10 nitrogen and oxygen atoms in total. The number of hydrogen-bond acceptors (Lipinski definition) is 7. The van der Waals surface area contributed by atoms with Crippen molar-refractivity contribution in [2.24, 2.45) is 5.92 Å². The Hall–Kier alpha value is -3.96. The second-order valence-electron chi connectivity index (χ2n) is 10.7. The first kappa shape index (κ1) is 32.6. The molecule has 2 aromatic carbocycles. The fourth-order valence-electron chi connectivity index (χ4n) is 4.43. The highest BCUT2D eigenvalue weighted by atomic mass is 32.1. The first-order valence-electron chi connectivity index (χ1n) is 14.0. The molecule has 0 aliphatic carbocycles. The van der Waals surface area contributed by atoms with Gasteiger partial charge in [0.2, 0.25) is 5.91 Å². The predicted molar refractivity (Wildman–Crippen MR) is 163 cm³/mol. The fourth-order valence-corrected chi connectivity index (χ4v) is 4.94. The Bertz CT molecular complexity index is 1240. The molecule has 1 aromatic heterocycles. The SMILES string of the molecule is CC(C)[C@H](NC(=O)N(C)C)C(=O)N[C@@H](Cc1ccccc1)C[C@H](O)[C@H](Cc1ccccc1)NC(=O)OCc1cncs1. The third-order valence-electron chi connectivity index (χ3n) is 6.73. The average molecular weight is 596 g/mol. The summed E-state index contributed by atoms with van der Waals surface area (Å²) in [5.41, 5.74) is 3.57. The normalized spacial score (nSPS) is 13.9. The largest absolute Gasteiger partial charge is 0.444 e. The Morgan fingerprint density at radius 1 is 0.929 bits per heavy atom. The summed E-state index contributed by atoms with van der Waals surface area (Å²) in [4.78, 5) is 44.7. The number of alkyl carbamates (subject to hydrolysis) is 1. The smallest absolute Gasteiger partial charge is 0.407 e. The zero-order valence-electron chi connectivity index (χ0n) is 24.5. The van der Waals surface area contributed by atoms with Crippen LogP contribution in [0.2, 0.25) is 0 Å². The Labute approximate surface area is 251 Å². The molecule has 0 saturated heterocycles. The quantitative estimate of drug-likeness (QED) is 0.224. The third-order valence-corrected chi connectivity index (χ3v) is 7.48. The van der Waals surface area contributed by atoms with Gasteiger partial charge in [0.1, 0.15) is 12.6 Å². The number of aliphatic hydroxyl groups excluding tert-OH is 1. The van der Waals surface area contributed by atoms with Crippen molar-refractivity contribution in [1.82, 2.24) is 25.8 Å². The van der Waals surface area contributed by atoms with Gasteiger partial charge in [0, 0.05) is 26.3 Å². The Morgan fingerprint density at radius 3 is 2.10 bits per heavy atom. The minimum Gasteiger partial charge on any atom is -0.444 e. The minimum absolute atomic E-state index is 0.0760. The second-order valence-corrected chi connectivity index (χ2v) is 11.7. The molecule has 0 radical (unpaired) electrons. The first-order chi connectivity index (χ1) is 20.1. The van der Waals surface area contributed by atoms with Gasteiger partial charge in [0.15, 0.2) is 0 Å². The maximum atomic E-state index is 13.4. The molecular formula is C31H41N5O5S. The van der Waals surface area contributed by atoms with E-state index in [1.165, 1.54) is 16.2 Å². The summed E-state index contributed by atoms with van der Waals surface area (Å²) in [5, 5.41) is 20.2. The topological polar surface area (TPSA) is 133 Å². The molecule has 0 spiro atoms. The third kappa shape index (κ3) is 10.8. The fraction of sp³-hybridized carbons (Fsp3) is 0.419. The van der Waals surface area contributed by atoms with Crippen LogP contribution in [0.4, 0.5) is 9.59 Å². The van der Waals surface area contributed by atoms with Crippen molar-refractivity contribution in [1.29, 1.82) is 0 Å². The van der Waals surface area contributed by atoms with Crippen LogP contribution in [0, 0.1) is 5.92 Å². The van der Waals surface area contributed by atoms with Crippen LogP contribution < -0.4 is 16.0 Å². The highest BCUT2D eigenvalue weighted by molar-refractivity contribution is 7.09. The minimum atomic E-state index is -1.02. The van der Waals surface area contributed by atoms with Gasteiger partial charge < -0.3 is 30.7 Å². The van der Waals surface area contributed by atoms with Crippen LogP contribution in [-0.2, 0) is 29.0 Å². The number of aliphatic hydroxyl groups is 1. The predicted octanol–water partition coefficient (Wildman–Crippen LogP) is 3.75. The van der Waals surface area contributed by atoms with Crippen LogP contribution in [0.25, 0.3) is 0 Å². The van der Waals surface area contributed by atoms with E-state index in [9.17, 15) is 19.5 Å². The van der Waals surface area contributed by atoms with Crippen LogP contribution in [0.1, 0.15) is 36.3 Å². The number of amides is 4. The van der Waals surface area contributed by atoms with Crippen molar-refractivity contribution < 1.29 is 24.2 Å². The maximum Gasteiger partial charge on any atom is 0.407 e. The summed E-state index contributed by atoms with van der Waals surface area (Å²) in [6.45, 7) is 3.80. The number of carbonyl (C=O) groups excluding carboxylic acids is 3. The van der Waals surface area contributed by atoms with E-state index in [2.05, 4.69) is 20.9 Å². The highest BCUT2D eigenvalue weighted by Crippen LogP contribution is 2.16. The first-order valence-corrected chi connectivity index (χ1v) is 14.8. The molecule has 0 bridgehead atoms. The van der Waals surface area contributed by atoms with Crippen LogP contribution in [0.15, 0.2) is 72.4 Å². The summed E-state index contributed by atoms with van der Waals surface area (Å²) in [5.74, 6) is -0.512. The van der Waals surface area contributed by atoms with Crippen molar-refractivity contribution >= 4 is 29.4 Å². The van der Waals surface area contributed by atoms with Crippen molar-refractivity contribution in [2.45, 2.75) is 63.9 Å². The summed E-state index contributed by atoms with van der Waals surface area (Å²) in [7, 11) is 3.22. The molecule has 4 amide bonds. The highest BCUT2D eigenvalue weighted by Gasteiger charge is 2.30. The summed E-state index contributed by atoms with van der Waals surface area (Å²) in [6.07, 6.45) is 0.916. The van der Waals surface area contributed by atoms with Gasteiger partial charge in [-0.25, -0.2) is 9.59 Å². The van der Waals surface area contributed by atoms with Gasteiger partial charge in [-0.3, -0.25) is 9.78 Å². The van der Waals surface area contributed by atoms with Crippen LogP contribution in [0.5, 0.6) is 0 Å². The second kappa shape index (κ2) is 16.5. The van der Waals surface area contributed by atoms with E-state index in [4.69, 9.17) is 4.74 Å². The molecule has 0 saturated carbocycles. The number of carbonyl (C=O) groups is 3. The van der Waals surface area contributed by atoms with E-state index in [0.717, 1.165) is 16.0 Å². The van der Waals surface area contributed by atoms with E-state index in [1.807, 2.05) is 74.5 Å². The number of nitrogens with one attached hydrogen (secondary N) is 3. The Morgan fingerprint density at radius 2 is 1.55 bits per heavy atom. The molecule has 3 rings (SSSR count). The molecule has 0 aliphatic heterocycles. The van der Waals surface area contributed by atoms with Crippen molar-refractivity contribution in [2.75, 3.05) is 14.1 Å². The number of thiazole rings is 1. The Kier molecular flexibility index (Phi) is 12.8. The number of nitrogens with zero attached hydrogens (tertiary/aromatic N) is 2. The maximum absolute atomic E-state index is 13.4. The lowest BCUT2D eigenvalue weighted by Crippen LogP contribution is -2.55. The average Bonchev–Trinajstić information content (AvgIpc) is 3.49. The molecular weight excluding hydrogens is 554 g/mol. The van der Waals surface area contributed by atoms with Gasteiger partial charge >= 0.3 is 12.1 Å². The van der Waals surface area contributed by atoms with Gasteiger partial charge in [-0.15, -0.1) is 11.3 Å². The molecule has 4 atom stereocenters. The van der Waals surface area contributed by atoms with E-state index < -0.39 is 30.3 Å². The summed E-state index contributed by atoms with van der Waals surface area (Å²) in [6, 6.07) is 16.9. The lowest BCUT2D eigenvalue weighted by molar-refractivity contribution is -0.124. The Balaban J connectivity index is 1.77. The van der Waals surface area contributed by atoms with Gasteiger partial charge in [-0.2, -0.15) is 0 Å². The molecule has 1 heterocycles. The van der Waals surface area contributed by atoms with E-state index in [1.54, 1.807) is 25.8 Å². The van der Waals surface area contributed by atoms with E-state index in [-0.39, 0.29) is 30.9 Å². The number of hydrogen-bond donors (Lipinski definition) is 4. The molecule has 0 aliphatic rings. The number of benzene rings is 2. The molecule has 0 fully saturated rings. The molecule has 4 N–H and O–H groups in total. The molecule has 42 heavy (non-hydrogen) atoms. The summed E-state index contributed by atoms with van der Waals surface area (Å²) < 4.78 is 5.38. The van der Waals surface area contributed by atoms with Gasteiger partial charge in [0.25, 0.3) is 0 Å². The molecule has 226 valence electrons. The van der Waals surface area contributed by atoms with Crippen molar-refractivity contribution in [3.05, 3.63) is 88.4 Å². The monoisotopic (exact) mass is 595 g/mol. The van der Waals surface area contributed by atoms with Crippen LogP contribution >= 0.6 is 11.3 Å².